The van der Waals surface area contributed by atoms with Gasteiger partial charge in [0.2, 0.25) is 17.7 Å². The molecule has 3 amide bonds. The lowest BCUT2D eigenvalue weighted by molar-refractivity contribution is -0.133. The van der Waals surface area contributed by atoms with E-state index in [1.807, 2.05) is 36.4 Å². The molecule has 3 rings (SSSR count). The van der Waals surface area contributed by atoms with Crippen molar-refractivity contribution in [2.24, 2.45) is 10.8 Å². The van der Waals surface area contributed by atoms with Crippen molar-refractivity contribution in [1.29, 1.82) is 0 Å². The fourth-order valence-corrected chi connectivity index (χ4v) is 3.02. The van der Waals surface area contributed by atoms with Crippen LogP contribution in [0.25, 0.3) is 0 Å². The maximum Gasteiger partial charge on any atom is 0.244 e. The first-order chi connectivity index (χ1) is 13.5. The second-order valence-corrected chi connectivity index (χ2v) is 6.49. The number of primary amides is 1. The molecule has 3 N–H and O–H groups in total. The first kappa shape index (κ1) is 19.3. The van der Waals surface area contributed by atoms with Crippen LogP contribution in [0.1, 0.15) is 36.4 Å². The zero-order chi connectivity index (χ0) is 19.9. The monoisotopic (exact) mass is 378 g/mol. The van der Waals surface area contributed by atoms with Crippen molar-refractivity contribution in [3.8, 4) is 0 Å². The van der Waals surface area contributed by atoms with Crippen molar-refractivity contribution in [2.75, 3.05) is 6.54 Å². The summed E-state index contributed by atoms with van der Waals surface area (Å²) in [7, 11) is 0. The van der Waals surface area contributed by atoms with Crippen molar-refractivity contribution in [1.82, 2.24) is 10.3 Å². The van der Waals surface area contributed by atoms with Crippen LogP contribution in [0.3, 0.4) is 0 Å². The quantitative estimate of drug-likeness (QED) is 0.767. The molecule has 1 aliphatic rings. The number of benzene rings is 2. The van der Waals surface area contributed by atoms with Gasteiger partial charge in [-0.3, -0.25) is 14.4 Å². The molecule has 0 fully saturated rings. The summed E-state index contributed by atoms with van der Waals surface area (Å²) in [6, 6.07) is 17.5. The van der Waals surface area contributed by atoms with Crippen LogP contribution >= 0.6 is 0 Å². The Morgan fingerprint density at radius 3 is 2.29 bits per heavy atom. The summed E-state index contributed by atoms with van der Waals surface area (Å²) in [6.45, 7) is 0.499. The molecular weight excluding hydrogens is 356 g/mol. The molecule has 0 bridgehead atoms. The highest BCUT2D eigenvalue weighted by Gasteiger charge is 2.24. The van der Waals surface area contributed by atoms with Crippen LogP contribution in [0.4, 0.5) is 0 Å². The number of hydrogen-bond donors (Lipinski definition) is 2. The average molecular weight is 378 g/mol. The second-order valence-electron chi connectivity index (χ2n) is 6.49. The number of nitrogens with one attached hydrogen (secondary N) is 1. The summed E-state index contributed by atoms with van der Waals surface area (Å²) < 4.78 is 0. The number of amides is 3. The number of hydrogen-bond acceptors (Lipinski definition) is 4. The van der Waals surface area contributed by atoms with Crippen LogP contribution in [-0.2, 0) is 14.4 Å². The van der Waals surface area contributed by atoms with Crippen LogP contribution < -0.4 is 11.1 Å². The Balaban J connectivity index is 1.54. The third kappa shape index (κ3) is 4.82. The van der Waals surface area contributed by atoms with Gasteiger partial charge in [-0.15, -0.1) is 0 Å². The molecule has 0 aliphatic carbocycles. The lowest BCUT2D eigenvalue weighted by Crippen LogP contribution is -2.38. The number of rotatable bonds is 7. The van der Waals surface area contributed by atoms with Crippen molar-refractivity contribution < 1.29 is 14.4 Å². The van der Waals surface area contributed by atoms with Crippen molar-refractivity contribution in [3.05, 3.63) is 71.8 Å². The summed E-state index contributed by atoms with van der Waals surface area (Å²) in [5.74, 6) is -1.29. The van der Waals surface area contributed by atoms with E-state index in [1.54, 1.807) is 24.3 Å². The third-order valence-electron chi connectivity index (χ3n) is 4.49. The molecule has 1 heterocycles. The zero-order valence-electron chi connectivity index (χ0n) is 15.4. The SMILES string of the molecule is NC(=O)C(NC(=O)CCC(=O)N1CCC(c2ccccc2)=N1)c1ccccc1. The van der Waals surface area contributed by atoms with E-state index in [2.05, 4.69) is 10.4 Å². The average Bonchev–Trinajstić information content (AvgIpc) is 3.22. The van der Waals surface area contributed by atoms with E-state index in [-0.39, 0.29) is 18.7 Å². The van der Waals surface area contributed by atoms with Gasteiger partial charge < -0.3 is 11.1 Å². The van der Waals surface area contributed by atoms with Gasteiger partial charge >= 0.3 is 0 Å². The third-order valence-corrected chi connectivity index (χ3v) is 4.49. The molecule has 0 aromatic heterocycles. The number of hydrazone groups is 1. The van der Waals surface area contributed by atoms with E-state index in [1.165, 1.54) is 5.01 Å². The highest BCUT2D eigenvalue weighted by atomic mass is 16.2. The summed E-state index contributed by atoms with van der Waals surface area (Å²) in [4.78, 5) is 36.2. The molecular formula is C21H22N4O3. The Hall–Kier alpha value is -3.48. The molecule has 2 aromatic carbocycles. The number of carbonyl (C=O) groups excluding carboxylic acids is 3. The number of nitrogens with two attached hydrogens (primary N) is 1. The van der Waals surface area contributed by atoms with Gasteiger partial charge in [0.1, 0.15) is 6.04 Å². The van der Waals surface area contributed by atoms with Crippen LogP contribution in [0.5, 0.6) is 0 Å². The highest BCUT2D eigenvalue weighted by Crippen LogP contribution is 2.16. The maximum atomic E-state index is 12.4. The number of carbonyl (C=O) groups is 3. The molecule has 2 aromatic rings. The zero-order valence-corrected chi connectivity index (χ0v) is 15.4. The van der Waals surface area contributed by atoms with Gasteiger partial charge in [0.25, 0.3) is 0 Å². The van der Waals surface area contributed by atoms with E-state index >= 15 is 0 Å². The molecule has 144 valence electrons. The van der Waals surface area contributed by atoms with Crippen LogP contribution in [0.15, 0.2) is 65.8 Å². The van der Waals surface area contributed by atoms with Crippen molar-refractivity contribution in [2.45, 2.75) is 25.3 Å². The predicted molar refractivity (Wildman–Crippen MR) is 105 cm³/mol. The maximum absolute atomic E-state index is 12.4. The van der Waals surface area contributed by atoms with Gasteiger partial charge in [0.15, 0.2) is 0 Å². The molecule has 28 heavy (non-hydrogen) atoms. The van der Waals surface area contributed by atoms with Gasteiger partial charge in [0.05, 0.1) is 12.3 Å². The minimum atomic E-state index is -0.918. The van der Waals surface area contributed by atoms with Crippen molar-refractivity contribution in [3.63, 3.8) is 0 Å². The predicted octanol–water partition coefficient (Wildman–Crippen LogP) is 1.75. The van der Waals surface area contributed by atoms with Gasteiger partial charge in [0, 0.05) is 19.3 Å². The second kappa shape index (κ2) is 8.94. The molecule has 1 aliphatic heterocycles. The summed E-state index contributed by atoms with van der Waals surface area (Å²) in [6.07, 6.45) is 0.652. The molecule has 0 radical (unpaired) electrons. The topological polar surface area (TPSA) is 105 Å². The van der Waals surface area contributed by atoms with Gasteiger partial charge in [-0.25, -0.2) is 5.01 Å². The van der Waals surface area contributed by atoms with Crippen LogP contribution in [0.2, 0.25) is 0 Å². The van der Waals surface area contributed by atoms with E-state index in [9.17, 15) is 14.4 Å². The fourth-order valence-electron chi connectivity index (χ4n) is 3.02. The van der Waals surface area contributed by atoms with E-state index in [0.717, 1.165) is 11.3 Å². The first-order valence-electron chi connectivity index (χ1n) is 9.11. The van der Waals surface area contributed by atoms with E-state index in [0.29, 0.717) is 18.5 Å². The van der Waals surface area contributed by atoms with Gasteiger partial charge in [-0.1, -0.05) is 60.7 Å². The standard InChI is InChI=1S/C21H22N4O3/c22-21(28)20(16-9-5-2-6-10-16)23-18(26)11-12-19(27)25-14-13-17(24-25)15-7-3-1-4-8-15/h1-10,20H,11-14H2,(H2,22,28)(H,23,26). The fraction of sp³-hybridized carbons (Fsp3) is 0.238. The molecule has 0 saturated heterocycles. The van der Waals surface area contributed by atoms with Crippen LogP contribution in [0, 0.1) is 0 Å². The summed E-state index contributed by atoms with van der Waals surface area (Å²) >= 11 is 0. The lowest BCUT2D eigenvalue weighted by Gasteiger charge is -2.16. The molecule has 7 heteroatoms. The molecule has 0 spiro atoms. The van der Waals surface area contributed by atoms with Crippen LogP contribution in [-0.4, -0.2) is 35.0 Å². The Morgan fingerprint density at radius 2 is 1.64 bits per heavy atom. The van der Waals surface area contributed by atoms with E-state index in [4.69, 9.17) is 5.73 Å². The molecule has 1 unspecified atom stereocenters. The number of nitrogens with zero attached hydrogens (tertiary/aromatic N) is 2. The smallest absolute Gasteiger partial charge is 0.244 e. The minimum Gasteiger partial charge on any atom is -0.368 e. The molecule has 0 saturated carbocycles. The Kier molecular flexibility index (Phi) is 6.16. The molecule has 1 atom stereocenters. The van der Waals surface area contributed by atoms with Crippen molar-refractivity contribution >= 4 is 23.4 Å². The largest absolute Gasteiger partial charge is 0.368 e. The summed E-state index contributed by atoms with van der Waals surface area (Å²) in [5.41, 5.74) is 7.85. The van der Waals surface area contributed by atoms with E-state index < -0.39 is 17.9 Å². The Bertz CT molecular complexity index is 881. The lowest BCUT2D eigenvalue weighted by atomic mass is 10.1. The Morgan fingerprint density at radius 1 is 1.00 bits per heavy atom. The Labute approximate surface area is 163 Å². The first-order valence-corrected chi connectivity index (χ1v) is 9.11. The normalized spacial score (nSPS) is 14.3. The summed E-state index contributed by atoms with van der Waals surface area (Å²) in [5, 5.41) is 8.36. The van der Waals surface area contributed by atoms with Gasteiger partial charge in [-0.05, 0) is 11.1 Å². The highest BCUT2D eigenvalue weighted by molar-refractivity contribution is 6.02. The van der Waals surface area contributed by atoms with Gasteiger partial charge in [-0.2, -0.15) is 5.10 Å². The molecule has 7 nitrogen and oxygen atoms in total. The minimum absolute atomic E-state index is 0.0116.